The third-order valence-corrected chi connectivity index (χ3v) is 7.40. The summed E-state index contributed by atoms with van der Waals surface area (Å²) in [6, 6.07) is 10.3. The lowest BCUT2D eigenvalue weighted by Crippen LogP contribution is -2.48. The van der Waals surface area contributed by atoms with E-state index in [-0.39, 0.29) is 43.7 Å². The number of halogens is 2. The summed E-state index contributed by atoms with van der Waals surface area (Å²) >= 11 is 6.18. The van der Waals surface area contributed by atoms with Crippen LogP contribution >= 0.6 is 11.6 Å². The number of hydrogen-bond acceptors (Lipinski definition) is 4. The van der Waals surface area contributed by atoms with Gasteiger partial charge in [-0.1, -0.05) is 49.7 Å². The van der Waals surface area contributed by atoms with Gasteiger partial charge in [0.05, 0.1) is 11.9 Å². The first-order valence-corrected chi connectivity index (χ1v) is 14.1. The summed E-state index contributed by atoms with van der Waals surface area (Å²) in [5.74, 6) is -0.944. The van der Waals surface area contributed by atoms with Crippen LogP contribution in [-0.4, -0.2) is 50.5 Å². The van der Waals surface area contributed by atoms with Gasteiger partial charge in [-0.3, -0.25) is 13.9 Å². The zero-order chi connectivity index (χ0) is 27.0. The van der Waals surface area contributed by atoms with E-state index in [0.29, 0.717) is 28.4 Å². The lowest BCUT2D eigenvalue weighted by molar-refractivity contribution is -0.140. The molecule has 2 amide bonds. The van der Waals surface area contributed by atoms with Crippen LogP contribution in [0.25, 0.3) is 0 Å². The maximum absolute atomic E-state index is 14.4. The first kappa shape index (κ1) is 29.6. The van der Waals surface area contributed by atoms with Crippen molar-refractivity contribution in [3.05, 3.63) is 64.4 Å². The van der Waals surface area contributed by atoms with Gasteiger partial charge in [-0.05, 0) is 49.9 Å². The summed E-state index contributed by atoms with van der Waals surface area (Å²) in [6.07, 6.45) is 1.27. The largest absolute Gasteiger partial charge is 0.354 e. The fourth-order valence-corrected chi connectivity index (χ4v) is 4.88. The standard InChI is InChI=1S/C26H35ClFN3O4S/c1-18(2)16-29-26(33)20(4)30(17-21-10-6-7-12-23(21)28)25(32)14-9-15-31(36(5,34)35)24-13-8-11-22(27)19(24)3/h6-8,10-13,18,20H,9,14-17H2,1-5H3,(H,29,33)/t20-/m0/s1. The van der Waals surface area contributed by atoms with E-state index in [1.165, 1.54) is 15.3 Å². The van der Waals surface area contributed by atoms with Gasteiger partial charge >= 0.3 is 0 Å². The van der Waals surface area contributed by atoms with Gasteiger partial charge in [0, 0.05) is 36.6 Å². The van der Waals surface area contributed by atoms with Crippen molar-refractivity contribution in [2.75, 3.05) is 23.7 Å². The van der Waals surface area contributed by atoms with Crippen LogP contribution < -0.4 is 9.62 Å². The smallest absolute Gasteiger partial charge is 0.242 e. The molecular formula is C26H35ClFN3O4S. The molecule has 0 unspecified atom stereocenters. The number of carbonyl (C=O) groups excluding carboxylic acids is 2. The second-order valence-corrected chi connectivity index (χ2v) is 11.6. The molecule has 10 heteroatoms. The van der Waals surface area contributed by atoms with Crippen LogP contribution in [0.5, 0.6) is 0 Å². The Morgan fingerprint density at radius 3 is 2.36 bits per heavy atom. The molecule has 0 saturated heterocycles. The summed E-state index contributed by atoms with van der Waals surface area (Å²) in [4.78, 5) is 27.3. The van der Waals surface area contributed by atoms with E-state index < -0.39 is 21.9 Å². The van der Waals surface area contributed by atoms with E-state index >= 15 is 0 Å². The average molecular weight is 540 g/mol. The number of benzene rings is 2. The minimum absolute atomic E-state index is 0.0259. The Hall–Kier alpha value is -2.65. The van der Waals surface area contributed by atoms with Crippen molar-refractivity contribution in [2.24, 2.45) is 5.92 Å². The molecule has 2 rings (SSSR count). The predicted molar refractivity (Wildman–Crippen MR) is 142 cm³/mol. The summed E-state index contributed by atoms with van der Waals surface area (Å²) in [7, 11) is -3.64. The Kier molecular flexibility index (Phi) is 10.7. The molecular weight excluding hydrogens is 505 g/mol. The monoisotopic (exact) mass is 539 g/mol. The second-order valence-electron chi connectivity index (χ2n) is 9.25. The number of hydrogen-bond donors (Lipinski definition) is 1. The predicted octanol–water partition coefficient (Wildman–Crippen LogP) is 4.52. The Labute approximate surface area is 218 Å². The van der Waals surface area contributed by atoms with Crippen molar-refractivity contribution < 1.29 is 22.4 Å². The van der Waals surface area contributed by atoms with Crippen LogP contribution in [0.2, 0.25) is 5.02 Å². The van der Waals surface area contributed by atoms with E-state index in [9.17, 15) is 22.4 Å². The van der Waals surface area contributed by atoms with Gasteiger partial charge in [0.25, 0.3) is 0 Å². The fourth-order valence-electron chi connectivity index (χ4n) is 3.69. The molecule has 7 nitrogen and oxygen atoms in total. The maximum atomic E-state index is 14.4. The van der Waals surface area contributed by atoms with Crippen LogP contribution in [0.3, 0.4) is 0 Å². The summed E-state index contributed by atoms with van der Waals surface area (Å²) in [6.45, 7) is 7.68. The van der Waals surface area contributed by atoms with Gasteiger partial charge in [0.1, 0.15) is 11.9 Å². The topological polar surface area (TPSA) is 86.8 Å². The lowest BCUT2D eigenvalue weighted by Gasteiger charge is -2.30. The van der Waals surface area contributed by atoms with Crippen molar-refractivity contribution >= 4 is 39.1 Å². The van der Waals surface area contributed by atoms with Gasteiger partial charge < -0.3 is 10.2 Å². The van der Waals surface area contributed by atoms with Crippen LogP contribution in [0.15, 0.2) is 42.5 Å². The summed E-state index contributed by atoms with van der Waals surface area (Å²) < 4.78 is 40.6. The molecule has 1 atom stereocenters. The zero-order valence-electron chi connectivity index (χ0n) is 21.4. The molecule has 0 fully saturated rings. The zero-order valence-corrected chi connectivity index (χ0v) is 23.0. The van der Waals surface area contributed by atoms with Gasteiger partial charge in [-0.15, -0.1) is 0 Å². The first-order valence-electron chi connectivity index (χ1n) is 11.9. The van der Waals surface area contributed by atoms with Gasteiger partial charge in [-0.2, -0.15) is 0 Å². The third-order valence-electron chi connectivity index (χ3n) is 5.81. The molecule has 0 aliphatic heterocycles. The van der Waals surface area contributed by atoms with Gasteiger partial charge in [0.15, 0.2) is 0 Å². The van der Waals surface area contributed by atoms with Crippen LogP contribution in [0.1, 0.15) is 44.7 Å². The van der Waals surface area contributed by atoms with Crippen LogP contribution in [-0.2, 0) is 26.2 Å². The quantitative estimate of drug-likeness (QED) is 0.429. The molecule has 0 aliphatic rings. The summed E-state index contributed by atoms with van der Waals surface area (Å²) in [5, 5.41) is 3.26. The number of anilines is 1. The van der Waals surface area contributed by atoms with E-state index in [1.807, 2.05) is 13.8 Å². The molecule has 0 spiro atoms. The van der Waals surface area contributed by atoms with Gasteiger partial charge in [0.2, 0.25) is 21.8 Å². The Balaban J connectivity index is 2.21. The molecule has 0 aromatic heterocycles. The minimum Gasteiger partial charge on any atom is -0.354 e. The van der Waals surface area contributed by atoms with Crippen molar-refractivity contribution in [3.63, 3.8) is 0 Å². The number of nitrogens with one attached hydrogen (secondary N) is 1. The number of rotatable bonds is 12. The number of carbonyl (C=O) groups is 2. The highest BCUT2D eigenvalue weighted by molar-refractivity contribution is 7.92. The van der Waals surface area contributed by atoms with Crippen molar-refractivity contribution in [1.29, 1.82) is 0 Å². The Bertz CT molecular complexity index is 1170. The molecule has 0 heterocycles. The normalized spacial score (nSPS) is 12.3. The molecule has 0 radical (unpaired) electrons. The van der Waals surface area contributed by atoms with Crippen LogP contribution in [0, 0.1) is 18.7 Å². The van der Waals surface area contributed by atoms with E-state index in [0.717, 1.165) is 6.26 Å². The molecule has 2 aromatic rings. The molecule has 1 N–H and O–H groups in total. The van der Waals surface area contributed by atoms with Crippen molar-refractivity contribution in [2.45, 2.75) is 53.1 Å². The molecule has 0 saturated carbocycles. The number of sulfonamides is 1. The lowest BCUT2D eigenvalue weighted by atomic mass is 10.1. The highest BCUT2D eigenvalue weighted by atomic mass is 35.5. The maximum Gasteiger partial charge on any atom is 0.242 e. The van der Waals surface area contributed by atoms with Crippen LogP contribution in [0.4, 0.5) is 10.1 Å². The Morgan fingerprint density at radius 1 is 1.08 bits per heavy atom. The van der Waals surface area contributed by atoms with Crippen molar-refractivity contribution in [1.82, 2.24) is 10.2 Å². The molecule has 0 bridgehead atoms. The molecule has 198 valence electrons. The minimum atomic E-state index is -3.64. The fraction of sp³-hybridized carbons (Fsp3) is 0.462. The van der Waals surface area contributed by atoms with E-state index in [4.69, 9.17) is 11.6 Å². The molecule has 36 heavy (non-hydrogen) atoms. The van der Waals surface area contributed by atoms with Crippen molar-refractivity contribution in [3.8, 4) is 0 Å². The first-order chi connectivity index (χ1) is 16.8. The number of nitrogens with zero attached hydrogens (tertiary/aromatic N) is 2. The highest BCUT2D eigenvalue weighted by Gasteiger charge is 2.27. The summed E-state index contributed by atoms with van der Waals surface area (Å²) in [5.41, 5.74) is 1.36. The third kappa shape index (κ3) is 8.20. The average Bonchev–Trinajstić information content (AvgIpc) is 2.80. The second kappa shape index (κ2) is 13.1. The SMILES string of the molecule is Cc1c(Cl)cccc1N(CCCC(=O)N(Cc1ccccc1F)[C@@H](C)C(=O)NCC(C)C)S(C)(=O)=O. The van der Waals surface area contributed by atoms with E-state index in [1.54, 1.807) is 50.2 Å². The number of amides is 2. The van der Waals surface area contributed by atoms with Gasteiger partial charge in [-0.25, -0.2) is 12.8 Å². The molecule has 2 aromatic carbocycles. The van der Waals surface area contributed by atoms with E-state index in [2.05, 4.69) is 5.32 Å². The molecule has 0 aliphatic carbocycles. The Morgan fingerprint density at radius 2 is 1.75 bits per heavy atom. The highest BCUT2D eigenvalue weighted by Crippen LogP contribution is 2.28.